The van der Waals surface area contributed by atoms with E-state index >= 15 is 0 Å². The fourth-order valence-electron chi connectivity index (χ4n) is 12.8. The molecule has 0 unspecified atom stereocenters. The lowest BCUT2D eigenvalue weighted by Crippen LogP contribution is -2.47. The van der Waals surface area contributed by atoms with Crippen LogP contribution < -0.4 is 0 Å². The SMILES string of the molecule is CC(=O)SCCCCCCCCCCC(CCCCCCCCCCSC(C)=O)N1C(=O)c2ccc3c4ccc5c6c(ccc(c7ccc(c2c37)C1=O)c64)C(=O)N(Cc1ccc2ccc3cccc4ccc1c2c34)C5=O. The molecular weight excluding hydrogens is 981 g/mol. The Balaban J connectivity index is 0.836. The number of rotatable bonds is 25. The number of thioether (sulfide) groups is 2. The van der Waals surface area contributed by atoms with Crippen molar-refractivity contribution >= 4 is 133 Å². The Kier molecular flexibility index (Phi) is 15.4. The molecular formula is C66H66N2O6S2. The number of carbonyl (C=O) groups excluding carboxylic acids is 6. The van der Waals surface area contributed by atoms with Crippen LogP contribution in [0.4, 0.5) is 0 Å². The molecule has 0 spiro atoms. The van der Waals surface area contributed by atoms with Gasteiger partial charge in [-0.1, -0.05) is 192 Å². The van der Waals surface area contributed by atoms with Crippen molar-refractivity contribution in [1.29, 1.82) is 0 Å². The van der Waals surface area contributed by atoms with Crippen LogP contribution in [-0.4, -0.2) is 61.2 Å². The van der Waals surface area contributed by atoms with Gasteiger partial charge in [-0.2, -0.15) is 0 Å². The van der Waals surface area contributed by atoms with Crippen molar-refractivity contribution in [3.63, 3.8) is 0 Å². The van der Waals surface area contributed by atoms with Crippen molar-refractivity contribution in [1.82, 2.24) is 9.80 Å². The van der Waals surface area contributed by atoms with Crippen molar-refractivity contribution in [2.75, 3.05) is 11.5 Å². The number of imide groups is 2. The summed E-state index contributed by atoms with van der Waals surface area (Å²) < 4.78 is 0. The average Bonchev–Trinajstić information content (AvgIpc) is 3.59. The molecule has 4 amide bonds. The number of nitrogens with zero attached hydrogens (tertiary/aromatic N) is 2. The predicted molar refractivity (Wildman–Crippen MR) is 316 cm³/mol. The van der Waals surface area contributed by atoms with Gasteiger partial charge < -0.3 is 0 Å². The van der Waals surface area contributed by atoms with E-state index in [2.05, 4.69) is 48.5 Å². The summed E-state index contributed by atoms with van der Waals surface area (Å²) >= 11 is 2.83. The van der Waals surface area contributed by atoms with E-state index in [1.165, 1.54) is 59.5 Å². The molecule has 0 radical (unpaired) electrons. The maximum atomic E-state index is 15.0. The highest BCUT2D eigenvalue weighted by molar-refractivity contribution is 8.13. The lowest BCUT2D eigenvalue weighted by atomic mass is 9.82. The first kappa shape index (κ1) is 51.7. The molecule has 0 fully saturated rings. The quantitative estimate of drug-likeness (QED) is 0.0241. The maximum Gasteiger partial charge on any atom is 0.261 e. The average molecular weight is 1050 g/mol. The van der Waals surface area contributed by atoms with E-state index < -0.39 is 0 Å². The van der Waals surface area contributed by atoms with Gasteiger partial charge in [0.2, 0.25) is 0 Å². The van der Waals surface area contributed by atoms with Crippen molar-refractivity contribution < 1.29 is 28.8 Å². The first-order valence-electron chi connectivity index (χ1n) is 28.0. The van der Waals surface area contributed by atoms with Gasteiger partial charge in [-0.25, -0.2) is 0 Å². The lowest BCUT2D eigenvalue weighted by Gasteiger charge is -2.35. The number of fused-ring (bicyclic) bond motifs is 2. The summed E-state index contributed by atoms with van der Waals surface area (Å²) in [6.45, 7) is 3.40. The topological polar surface area (TPSA) is 109 Å². The molecule has 2 heterocycles. The summed E-state index contributed by atoms with van der Waals surface area (Å²) in [6, 6.07) is 34.3. The first-order chi connectivity index (χ1) is 37.1. The number of unbranched alkanes of at least 4 members (excludes halogenated alkanes) is 14. The molecule has 8 nitrogen and oxygen atoms in total. The lowest BCUT2D eigenvalue weighted by molar-refractivity contribution is -0.109. The maximum absolute atomic E-state index is 15.0. The molecule has 0 aliphatic carbocycles. The van der Waals surface area contributed by atoms with Crippen LogP contribution in [0.1, 0.15) is 176 Å². The molecule has 0 atom stereocenters. The Labute approximate surface area is 453 Å². The Morgan fingerprint density at radius 1 is 0.382 bits per heavy atom. The molecule has 2 aliphatic rings. The number of benzene rings is 9. The second kappa shape index (κ2) is 22.7. The van der Waals surface area contributed by atoms with Gasteiger partial charge in [0, 0.05) is 64.4 Å². The van der Waals surface area contributed by atoms with Crippen molar-refractivity contribution in [2.45, 2.75) is 142 Å². The van der Waals surface area contributed by atoms with Crippen LogP contribution in [-0.2, 0) is 16.1 Å². The van der Waals surface area contributed by atoms with Crippen LogP contribution in [0.25, 0.3) is 75.4 Å². The van der Waals surface area contributed by atoms with Gasteiger partial charge in [0.25, 0.3) is 23.6 Å². The zero-order chi connectivity index (χ0) is 52.5. The summed E-state index contributed by atoms with van der Waals surface area (Å²) in [5, 5.41) is 13.8. The normalized spacial score (nSPS) is 13.8. The van der Waals surface area contributed by atoms with Gasteiger partial charge in [0.15, 0.2) is 10.2 Å². The minimum Gasteiger partial charge on any atom is -0.288 e. The van der Waals surface area contributed by atoms with Crippen LogP contribution >= 0.6 is 23.5 Å². The zero-order valence-electron chi connectivity index (χ0n) is 43.9. The number of carbonyl (C=O) groups is 6. The third kappa shape index (κ3) is 9.85. The highest BCUT2D eigenvalue weighted by Gasteiger charge is 2.39. The molecule has 0 aromatic heterocycles. The van der Waals surface area contributed by atoms with Gasteiger partial charge in [-0.05, 0) is 120 Å². The molecule has 0 N–H and O–H groups in total. The van der Waals surface area contributed by atoms with E-state index in [0.717, 1.165) is 166 Å². The van der Waals surface area contributed by atoms with Crippen molar-refractivity contribution in [3.05, 3.63) is 131 Å². The Bertz CT molecular complexity index is 3560. The summed E-state index contributed by atoms with van der Waals surface area (Å²) in [4.78, 5) is 84.9. The zero-order valence-corrected chi connectivity index (χ0v) is 45.5. The van der Waals surface area contributed by atoms with Crippen LogP contribution in [0.15, 0.2) is 103 Å². The molecule has 9 aromatic rings. The predicted octanol–water partition coefficient (Wildman–Crippen LogP) is 17.0. The van der Waals surface area contributed by atoms with Crippen molar-refractivity contribution in [3.8, 4) is 0 Å². The van der Waals surface area contributed by atoms with Crippen molar-refractivity contribution in [2.24, 2.45) is 0 Å². The smallest absolute Gasteiger partial charge is 0.261 e. The van der Waals surface area contributed by atoms with Gasteiger partial charge >= 0.3 is 0 Å². The molecule has 0 saturated heterocycles. The van der Waals surface area contributed by atoms with E-state index in [1.807, 2.05) is 54.6 Å². The summed E-state index contributed by atoms with van der Waals surface area (Å²) in [6.07, 6.45) is 19.3. The van der Waals surface area contributed by atoms with Crippen LogP contribution in [0, 0.1) is 0 Å². The Morgan fingerprint density at radius 3 is 1.20 bits per heavy atom. The number of amides is 4. The minimum atomic E-state index is -0.324. The highest BCUT2D eigenvalue weighted by Crippen LogP contribution is 2.47. The Hall–Kier alpha value is -6.36. The molecule has 2 aliphatic heterocycles. The van der Waals surface area contributed by atoms with E-state index in [9.17, 15) is 28.8 Å². The summed E-state index contributed by atoms with van der Waals surface area (Å²) in [5.41, 5.74) is 2.98. The van der Waals surface area contributed by atoms with E-state index in [0.29, 0.717) is 33.0 Å². The fourth-order valence-corrected chi connectivity index (χ4v) is 14.1. The first-order valence-corrected chi connectivity index (χ1v) is 29.9. The molecule has 9 aromatic carbocycles. The molecule has 11 rings (SSSR count). The van der Waals surface area contributed by atoms with Gasteiger partial charge in [-0.3, -0.25) is 38.6 Å². The molecule has 0 saturated carbocycles. The summed E-state index contributed by atoms with van der Waals surface area (Å²) in [5.74, 6) is 0.699. The van der Waals surface area contributed by atoms with E-state index in [1.54, 1.807) is 18.7 Å². The number of hydrogen-bond donors (Lipinski definition) is 0. The summed E-state index contributed by atoms with van der Waals surface area (Å²) in [7, 11) is 0. The Morgan fingerprint density at radius 2 is 0.750 bits per heavy atom. The molecule has 10 heteroatoms. The van der Waals surface area contributed by atoms with E-state index in [-0.39, 0.29) is 46.4 Å². The van der Waals surface area contributed by atoms with Gasteiger partial charge in [0.05, 0.1) is 6.54 Å². The van der Waals surface area contributed by atoms with Crippen LogP contribution in [0.5, 0.6) is 0 Å². The minimum absolute atomic E-state index is 0.139. The largest absolute Gasteiger partial charge is 0.288 e. The second-order valence-corrected chi connectivity index (χ2v) is 24.0. The molecule has 0 bridgehead atoms. The van der Waals surface area contributed by atoms with E-state index in [4.69, 9.17) is 0 Å². The second-order valence-electron chi connectivity index (χ2n) is 21.5. The molecule has 76 heavy (non-hydrogen) atoms. The highest BCUT2D eigenvalue weighted by atomic mass is 32.2. The fraction of sp³-hybridized carbons (Fsp3) is 0.364. The third-order valence-electron chi connectivity index (χ3n) is 16.5. The van der Waals surface area contributed by atoms with Crippen LogP contribution in [0.2, 0.25) is 0 Å². The third-order valence-corrected chi connectivity index (χ3v) is 18.3. The molecule has 388 valence electrons. The standard InChI is InChI=1S/C66H66N2O6S2/c1-41(69)75-38-17-13-9-5-3-7-11-15-22-47(23-16-12-8-4-6-10-14-18-39-76-42(2)70)68-65(73)55-36-32-51-49-30-34-53-61-54(35-31-50(59(49)61)52-33-37-56(66(68)74)62(55)60(51)52)64(72)67(63(53)71)40-46-27-26-45-25-24-43-20-19-21-44-28-29-48(46)58(45)57(43)44/h19-21,24-37,47H,3-18,22-23,38-40H2,1-2H3. The monoisotopic (exact) mass is 1050 g/mol. The van der Waals surface area contributed by atoms with Crippen LogP contribution in [0.3, 0.4) is 0 Å². The van der Waals surface area contributed by atoms with Gasteiger partial charge in [0.1, 0.15) is 0 Å². The number of hydrogen-bond acceptors (Lipinski definition) is 8. The van der Waals surface area contributed by atoms with Gasteiger partial charge in [-0.15, -0.1) is 0 Å².